The molecule has 1 aromatic carbocycles. The zero-order valence-corrected chi connectivity index (χ0v) is 13.6. The van der Waals surface area contributed by atoms with Crippen LogP contribution in [-0.4, -0.2) is 24.3 Å². The second kappa shape index (κ2) is 5.31. The number of benzene rings is 1. The maximum absolute atomic E-state index is 5.80. The van der Waals surface area contributed by atoms with E-state index >= 15 is 0 Å². The Labute approximate surface area is 143 Å². The van der Waals surface area contributed by atoms with Gasteiger partial charge < -0.3 is 8.98 Å². The average Bonchev–Trinajstić information content (AvgIpc) is 3.33. The van der Waals surface area contributed by atoms with Crippen molar-refractivity contribution in [1.82, 2.24) is 24.3 Å². The molecule has 5 rings (SSSR count). The zero-order chi connectivity index (χ0) is 16.8. The summed E-state index contributed by atoms with van der Waals surface area (Å²) in [5.74, 6) is 0.695. The van der Waals surface area contributed by atoms with Crippen LogP contribution in [0.5, 0.6) is 0 Å². The fourth-order valence-electron chi connectivity index (χ4n) is 3.10. The Balaban J connectivity index is 1.50. The van der Waals surface area contributed by atoms with Crippen molar-refractivity contribution in [3.05, 3.63) is 72.6 Å². The molecule has 0 spiro atoms. The maximum Gasteiger partial charge on any atom is 0.200 e. The largest absolute Gasteiger partial charge is 0.440 e. The van der Waals surface area contributed by atoms with E-state index < -0.39 is 0 Å². The lowest BCUT2D eigenvalue weighted by molar-refractivity contribution is 0.544. The van der Waals surface area contributed by atoms with E-state index in [1.54, 1.807) is 6.20 Å². The van der Waals surface area contributed by atoms with Crippen LogP contribution < -0.4 is 0 Å². The Hall–Kier alpha value is -3.41. The second-order valence-electron chi connectivity index (χ2n) is 6.04. The molecule has 4 aromatic heterocycles. The first-order chi connectivity index (χ1) is 12.3. The Bertz CT molecular complexity index is 1160. The summed E-state index contributed by atoms with van der Waals surface area (Å²) in [6.07, 6.45) is 8.28. The molecule has 25 heavy (non-hydrogen) atoms. The van der Waals surface area contributed by atoms with E-state index in [2.05, 4.69) is 21.1 Å². The lowest BCUT2D eigenvalue weighted by atomic mass is 10.2. The molecule has 0 saturated heterocycles. The predicted molar refractivity (Wildman–Crippen MR) is 94.7 cm³/mol. The van der Waals surface area contributed by atoms with Crippen molar-refractivity contribution in [2.24, 2.45) is 7.05 Å². The number of fused-ring (bicyclic) bond motifs is 2. The fraction of sp³-hybridized carbons (Fsp3) is 0.105. The van der Waals surface area contributed by atoms with Crippen molar-refractivity contribution in [1.29, 1.82) is 0 Å². The molecule has 4 heterocycles. The first kappa shape index (κ1) is 14.0. The summed E-state index contributed by atoms with van der Waals surface area (Å²) in [5, 5.41) is 5.58. The number of aryl methyl sites for hydroxylation is 1. The molecule has 0 radical (unpaired) electrons. The molecule has 0 aliphatic rings. The normalized spacial score (nSPS) is 11.6. The number of aromatic nitrogens is 5. The Morgan fingerprint density at radius 2 is 2.04 bits per heavy atom. The van der Waals surface area contributed by atoms with Crippen molar-refractivity contribution in [2.45, 2.75) is 6.42 Å². The van der Waals surface area contributed by atoms with Gasteiger partial charge in [0.05, 0.1) is 18.3 Å². The van der Waals surface area contributed by atoms with E-state index in [-0.39, 0.29) is 0 Å². The maximum atomic E-state index is 5.80. The molecule has 0 bridgehead atoms. The van der Waals surface area contributed by atoms with Crippen LogP contribution in [0.3, 0.4) is 0 Å². The van der Waals surface area contributed by atoms with Crippen LogP contribution in [0.1, 0.15) is 11.5 Å². The number of oxazole rings is 1. The Morgan fingerprint density at radius 1 is 1.12 bits per heavy atom. The highest BCUT2D eigenvalue weighted by atomic mass is 16.3. The van der Waals surface area contributed by atoms with Gasteiger partial charge in [-0.1, -0.05) is 12.1 Å². The molecule has 0 fully saturated rings. The summed E-state index contributed by atoms with van der Waals surface area (Å²) in [5.41, 5.74) is 4.69. The third-order valence-corrected chi connectivity index (χ3v) is 4.32. The summed E-state index contributed by atoms with van der Waals surface area (Å²) in [6, 6.07) is 11.8. The fourth-order valence-corrected chi connectivity index (χ4v) is 3.10. The quantitative estimate of drug-likeness (QED) is 0.508. The van der Waals surface area contributed by atoms with E-state index in [4.69, 9.17) is 4.42 Å². The van der Waals surface area contributed by atoms with E-state index in [1.165, 1.54) is 0 Å². The molecular weight excluding hydrogens is 314 g/mol. The van der Waals surface area contributed by atoms with Gasteiger partial charge in [0.1, 0.15) is 11.2 Å². The van der Waals surface area contributed by atoms with Crippen molar-refractivity contribution in [2.75, 3.05) is 0 Å². The highest BCUT2D eigenvalue weighted by Crippen LogP contribution is 2.22. The van der Waals surface area contributed by atoms with Gasteiger partial charge in [0.2, 0.25) is 0 Å². The van der Waals surface area contributed by atoms with E-state index in [9.17, 15) is 0 Å². The van der Waals surface area contributed by atoms with Gasteiger partial charge in [-0.15, -0.1) is 0 Å². The molecule has 122 valence electrons. The Kier molecular flexibility index (Phi) is 2.97. The SMILES string of the molecule is Cn1ccc2c(-n3cc(Cc4nc5ccccc5o4)cn3)ccnc21. The summed E-state index contributed by atoms with van der Waals surface area (Å²) < 4.78 is 9.68. The van der Waals surface area contributed by atoms with E-state index in [0.717, 1.165) is 33.4 Å². The Morgan fingerprint density at radius 3 is 2.96 bits per heavy atom. The molecule has 0 aliphatic heterocycles. The summed E-state index contributed by atoms with van der Waals surface area (Å²) in [6.45, 7) is 0. The highest BCUT2D eigenvalue weighted by molar-refractivity contribution is 5.85. The molecule has 6 nitrogen and oxygen atoms in total. The van der Waals surface area contributed by atoms with Gasteiger partial charge in [-0.25, -0.2) is 14.6 Å². The topological polar surface area (TPSA) is 61.7 Å². The highest BCUT2D eigenvalue weighted by Gasteiger charge is 2.11. The lowest BCUT2D eigenvalue weighted by Crippen LogP contribution is -1.97. The van der Waals surface area contributed by atoms with Gasteiger partial charge in [0.15, 0.2) is 11.5 Å². The third-order valence-electron chi connectivity index (χ3n) is 4.32. The lowest BCUT2D eigenvalue weighted by Gasteiger charge is -2.03. The number of hydrogen-bond donors (Lipinski definition) is 0. The second-order valence-corrected chi connectivity index (χ2v) is 6.04. The van der Waals surface area contributed by atoms with Gasteiger partial charge in [-0.05, 0) is 29.8 Å². The van der Waals surface area contributed by atoms with E-state index in [0.29, 0.717) is 12.3 Å². The average molecular weight is 329 g/mol. The van der Waals surface area contributed by atoms with Crippen LogP contribution in [0.15, 0.2) is 65.6 Å². The van der Waals surface area contributed by atoms with Crippen LogP contribution in [0.25, 0.3) is 27.8 Å². The molecule has 0 N–H and O–H groups in total. The summed E-state index contributed by atoms with van der Waals surface area (Å²) >= 11 is 0. The number of rotatable bonds is 3. The van der Waals surface area contributed by atoms with Crippen LogP contribution in [-0.2, 0) is 13.5 Å². The van der Waals surface area contributed by atoms with Crippen molar-refractivity contribution in [3.63, 3.8) is 0 Å². The summed E-state index contributed by atoms with van der Waals surface area (Å²) in [7, 11) is 1.99. The first-order valence-corrected chi connectivity index (χ1v) is 8.06. The summed E-state index contributed by atoms with van der Waals surface area (Å²) in [4.78, 5) is 8.95. The van der Waals surface area contributed by atoms with Gasteiger partial charge in [-0.3, -0.25) is 0 Å². The molecular formula is C19H15N5O. The molecule has 0 aliphatic carbocycles. The molecule has 0 atom stereocenters. The van der Waals surface area contributed by atoms with Crippen LogP contribution in [0.4, 0.5) is 0 Å². The van der Waals surface area contributed by atoms with Crippen molar-refractivity contribution < 1.29 is 4.42 Å². The first-order valence-electron chi connectivity index (χ1n) is 8.06. The molecule has 0 saturated carbocycles. The van der Waals surface area contributed by atoms with Crippen LogP contribution in [0.2, 0.25) is 0 Å². The molecule has 0 amide bonds. The standard InChI is InChI=1S/C19H15N5O/c1-23-9-7-14-16(6-8-20-19(14)23)24-12-13(11-21-24)10-18-22-15-4-2-3-5-17(15)25-18/h2-9,11-12H,10H2,1H3. The van der Waals surface area contributed by atoms with Gasteiger partial charge in [0.25, 0.3) is 0 Å². The monoisotopic (exact) mass is 329 g/mol. The minimum absolute atomic E-state index is 0.609. The van der Waals surface area contributed by atoms with Crippen LogP contribution in [0, 0.1) is 0 Å². The predicted octanol–water partition coefficient (Wildman–Crippen LogP) is 3.49. The minimum Gasteiger partial charge on any atom is -0.440 e. The molecule has 0 unspecified atom stereocenters. The number of pyridine rings is 1. The smallest absolute Gasteiger partial charge is 0.200 e. The number of hydrogen-bond acceptors (Lipinski definition) is 4. The van der Waals surface area contributed by atoms with Gasteiger partial charge in [0, 0.05) is 31.0 Å². The minimum atomic E-state index is 0.609. The number of nitrogens with zero attached hydrogens (tertiary/aromatic N) is 5. The van der Waals surface area contributed by atoms with Crippen molar-refractivity contribution >= 4 is 22.1 Å². The number of para-hydroxylation sites is 2. The third kappa shape index (κ3) is 2.30. The van der Waals surface area contributed by atoms with Crippen molar-refractivity contribution in [3.8, 4) is 5.69 Å². The molecule has 5 aromatic rings. The molecule has 6 heteroatoms. The zero-order valence-electron chi connectivity index (χ0n) is 13.6. The van der Waals surface area contributed by atoms with Gasteiger partial charge in [-0.2, -0.15) is 5.10 Å². The van der Waals surface area contributed by atoms with E-state index in [1.807, 2.05) is 65.2 Å². The van der Waals surface area contributed by atoms with Crippen LogP contribution >= 0.6 is 0 Å². The van der Waals surface area contributed by atoms with Gasteiger partial charge >= 0.3 is 0 Å².